The highest BCUT2D eigenvalue weighted by molar-refractivity contribution is 6.14. The van der Waals surface area contributed by atoms with Crippen molar-refractivity contribution >= 4 is 23.2 Å². The molecule has 0 spiro atoms. The van der Waals surface area contributed by atoms with Gasteiger partial charge in [-0.05, 0) is 24.3 Å². The second-order valence-electron chi connectivity index (χ2n) is 5.72. The van der Waals surface area contributed by atoms with E-state index in [0.29, 0.717) is 0 Å². The molecule has 0 aliphatic rings. The van der Waals surface area contributed by atoms with Gasteiger partial charge >= 0.3 is 0 Å². The normalized spacial score (nSPS) is 10.6. The third kappa shape index (κ3) is 4.00. The van der Waals surface area contributed by atoms with Crippen molar-refractivity contribution in [1.82, 2.24) is 9.78 Å². The lowest BCUT2D eigenvalue weighted by Crippen LogP contribution is -2.20. The molecule has 10 heteroatoms. The lowest BCUT2D eigenvalue weighted by atomic mass is 10.2. The largest absolute Gasteiger partial charge is 0.319 e. The second kappa shape index (κ2) is 7.51. The summed E-state index contributed by atoms with van der Waals surface area (Å²) < 4.78 is 55.1. The van der Waals surface area contributed by atoms with Gasteiger partial charge in [0.1, 0.15) is 23.3 Å². The molecule has 3 rings (SSSR count). The first-order valence-electron chi connectivity index (χ1n) is 7.81. The van der Waals surface area contributed by atoms with Gasteiger partial charge in [-0.3, -0.25) is 14.3 Å². The molecule has 1 heterocycles. The van der Waals surface area contributed by atoms with Gasteiger partial charge in [0.2, 0.25) is 0 Å². The fourth-order valence-corrected chi connectivity index (χ4v) is 2.38. The molecule has 0 aliphatic carbocycles. The Hall–Kier alpha value is -3.69. The maximum absolute atomic E-state index is 13.7. The van der Waals surface area contributed by atoms with Gasteiger partial charge in [-0.15, -0.1) is 0 Å². The van der Waals surface area contributed by atoms with Crippen LogP contribution in [-0.2, 0) is 7.05 Å². The van der Waals surface area contributed by atoms with E-state index in [1.807, 2.05) is 0 Å². The number of nitrogens with zero attached hydrogens (tertiary/aromatic N) is 2. The predicted octanol–water partition coefficient (Wildman–Crippen LogP) is 3.48. The van der Waals surface area contributed by atoms with Gasteiger partial charge < -0.3 is 10.6 Å². The highest BCUT2D eigenvalue weighted by Gasteiger charge is 2.23. The highest BCUT2D eigenvalue weighted by atomic mass is 19.1. The summed E-state index contributed by atoms with van der Waals surface area (Å²) in [5, 5.41) is 8.08. The molecule has 2 aromatic carbocycles. The van der Waals surface area contributed by atoms with Gasteiger partial charge in [-0.2, -0.15) is 5.10 Å². The van der Waals surface area contributed by atoms with Crippen LogP contribution in [0.15, 0.2) is 42.6 Å². The van der Waals surface area contributed by atoms with Gasteiger partial charge in [0.15, 0.2) is 5.69 Å². The van der Waals surface area contributed by atoms with Crippen molar-refractivity contribution in [3.63, 3.8) is 0 Å². The Kier molecular flexibility index (Phi) is 5.12. The SMILES string of the molecule is Cn1cc(C(=O)Nc2cc(F)ccc2F)c(C(=O)Nc2cc(F)ccc2F)n1. The van der Waals surface area contributed by atoms with E-state index < -0.39 is 52.2 Å². The van der Waals surface area contributed by atoms with E-state index in [0.717, 1.165) is 41.1 Å². The van der Waals surface area contributed by atoms with Crippen molar-refractivity contribution in [2.45, 2.75) is 0 Å². The van der Waals surface area contributed by atoms with Crippen LogP contribution in [-0.4, -0.2) is 21.6 Å². The maximum atomic E-state index is 13.7. The average Bonchev–Trinajstić information content (AvgIpc) is 3.03. The van der Waals surface area contributed by atoms with Crippen molar-refractivity contribution < 1.29 is 27.2 Å². The first kappa shape index (κ1) is 19.1. The minimum atomic E-state index is -0.991. The number of aromatic nitrogens is 2. The summed E-state index contributed by atoms with van der Waals surface area (Å²) in [6.45, 7) is 0. The van der Waals surface area contributed by atoms with Crippen LogP contribution in [0.5, 0.6) is 0 Å². The third-order valence-electron chi connectivity index (χ3n) is 3.64. The Morgan fingerprint density at radius 2 is 1.36 bits per heavy atom. The van der Waals surface area contributed by atoms with Crippen LogP contribution in [0.2, 0.25) is 0 Å². The van der Waals surface area contributed by atoms with E-state index in [4.69, 9.17) is 0 Å². The topological polar surface area (TPSA) is 76.0 Å². The molecule has 0 unspecified atom stereocenters. The van der Waals surface area contributed by atoms with Crippen LogP contribution >= 0.6 is 0 Å². The summed E-state index contributed by atoms with van der Waals surface area (Å²) in [7, 11) is 1.42. The summed E-state index contributed by atoms with van der Waals surface area (Å²) >= 11 is 0. The molecule has 3 aromatic rings. The Morgan fingerprint density at radius 3 is 1.89 bits per heavy atom. The van der Waals surface area contributed by atoms with Crippen molar-refractivity contribution in [2.75, 3.05) is 10.6 Å². The molecule has 6 nitrogen and oxygen atoms in total. The number of aryl methyl sites for hydroxylation is 1. The molecule has 2 N–H and O–H groups in total. The molecule has 144 valence electrons. The molecule has 0 atom stereocenters. The molecule has 28 heavy (non-hydrogen) atoms. The van der Waals surface area contributed by atoms with Gasteiger partial charge in [0, 0.05) is 25.4 Å². The molecule has 1 aromatic heterocycles. The van der Waals surface area contributed by atoms with Gasteiger partial charge in [-0.25, -0.2) is 17.6 Å². The summed E-state index contributed by atoms with van der Waals surface area (Å²) in [6.07, 6.45) is 1.17. The second-order valence-corrected chi connectivity index (χ2v) is 5.72. The van der Waals surface area contributed by atoms with Crippen LogP contribution in [0.4, 0.5) is 28.9 Å². The van der Waals surface area contributed by atoms with Crippen molar-refractivity contribution in [3.05, 3.63) is 77.1 Å². The predicted molar refractivity (Wildman–Crippen MR) is 91.8 cm³/mol. The average molecular weight is 392 g/mol. The minimum absolute atomic E-state index is 0.277. The van der Waals surface area contributed by atoms with E-state index in [-0.39, 0.29) is 5.56 Å². The van der Waals surface area contributed by atoms with E-state index in [1.54, 1.807) is 0 Å². The number of carbonyl (C=O) groups is 2. The summed E-state index contributed by atoms with van der Waals surface area (Å²) in [5.41, 5.74) is -1.57. The lowest BCUT2D eigenvalue weighted by Gasteiger charge is -2.08. The molecule has 0 bridgehead atoms. The standard InChI is InChI=1S/C18H12F4N4O2/c1-26-8-11(17(27)23-14-6-9(19)2-4-12(14)21)16(25-26)18(28)24-15-7-10(20)3-5-13(15)22/h2-8H,1H3,(H,23,27)(H,24,28). The fourth-order valence-electron chi connectivity index (χ4n) is 2.38. The van der Waals surface area contributed by atoms with E-state index in [2.05, 4.69) is 15.7 Å². The number of anilines is 2. The Labute approximate surface area is 155 Å². The summed E-state index contributed by atoms with van der Waals surface area (Å²) in [4.78, 5) is 24.8. The van der Waals surface area contributed by atoms with Crippen molar-refractivity contribution in [1.29, 1.82) is 0 Å². The Morgan fingerprint density at radius 1 is 0.857 bits per heavy atom. The molecular formula is C18H12F4N4O2. The zero-order valence-corrected chi connectivity index (χ0v) is 14.3. The zero-order valence-electron chi connectivity index (χ0n) is 14.3. The monoisotopic (exact) mass is 392 g/mol. The summed E-state index contributed by atoms with van der Waals surface area (Å²) in [6, 6.07) is 4.93. The Bertz CT molecular complexity index is 998. The first-order chi connectivity index (χ1) is 13.2. The van der Waals surface area contributed by atoms with Crippen LogP contribution in [0.3, 0.4) is 0 Å². The minimum Gasteiger partial charge on any atom is -0.319 e. The van der Waals surface area contributed by atoms with Gasteiger partial charge in [0.05, 0.1) is 16.9 Å². The molecule has 0 aliphatic heterocycles. The zero-order chi connectivity index (χ0) is 20.4. The first-order valence-corrected chi connectivity index (χ1v) is 7.81. The molecule has 0 radical (unpaired) electrons. The third-order valence-corrected chi connectivity index (χ3v) is 3.64. The van der Waals surface area contributed by atoms with E-state index >= 15 is 0 Å². The molecule has 0 saturated carbocycles. The quantitative estimate of drug-likeness (QED) is 0.668. The number of hydrogen-bond acceptors (Lipinski definition) is 3. The number of benzene rings is 2. The van der Waals surface area contributed by atoms with Crippen LogP contribution in [0.25, 0.3) is 0 Å². The molecule has 2 amide bonds. The van der Waals surface area contributed by atoms with E-state index in [1.165, 1.54) is 13.2 Å². The number of amides is 2. The number of rotatable bonds is 4. The molecular weight excluding hydrogens is 380 g/mol. The number of carbonyl (C=O) groups excluding carboxylic acids is 2. The van der Waals surface area contributed by atoms with Gasteiger partial charge in [-0.1, -0.05) is 0 Å². The van der Waals surface area contributed by atoms with Crippen molar-refractivity contribution in [3.8, 4) is 0 Å². The maximum Gasteiger partial charge on any atom is 0.277 e. The fraction of sp³-hybridized carbons (Fsp3) is 0.0556. The number of hydrogen-bond donors (Lipinski definition) is 2. The Balaban J connectivity index is 1.88. The van der Waals surface area contributed by atoms with Gasteiger partial charge in [0.25, 0.3) is 11.8 Å². The number of halogens is 4. The smallest absolute Gasteiger partial charge is 0.277 e. The van der Waals surface area contributed by atoms with Crippen LogP contribution < -0.4 is 10.6 Å². The molecule has 0 saturated heterocycles. The van der Waals surface area contributed by atoms with Crippen LogP contribution in [0.1, 0.15) is 20.8 Å². The van der Waals surface area contributed by atoms with Crippen LogP contribution in [0, 0.1) is 23.3 Å². The highest BCUT2D eigenvalue weighted by Crippen LogP contribution is 2.19. The number of nitrogens with one attached hydrogen (secondary N) is 2. The van der Waals surface area contributed by atoms with E-state index in [9.17, 15) is 27.2 Å². The molecule has 0 fully saturated rings. The van der Waals surface area contributed by atoms with Crippen molar-refractivity contribution in [2.24, 2.45) is 7.05 Å². The lowest BCUT2D eigenvalue weighted by molar-refractivity contribution is 0.0987. The summed E-state index contributed by atoms with van der Waals surface area (Å²) in [5.74, 6) is -5.26.